The summed E-state index contributed by atoms with van der Waals surface area (Å²) in [6.07, 6.45) is 2.23. The van der Waals surface area contributed by atoms with Crippen molar-refractivity contribution in [3.8, 4) is 0 Å². The predicted octanol–water partition coefficient (Wildman–Crippen LogP) is 6.25. The minimum absolute atomic E-state index is 1.11. The SMILES string of the molecule is C=C1C(c2ccccc2)=C(c2ccccc2)/C1=C/c1ccccc1. The van der Waals surface area contributed by atoms with Gasteiger partial charge in [-0.1, -0.05) is 97.6 Å². The molecule has 1 aliphatic carbocycles. The first-order chi connectivity index (χ1) is 11.8. The molecule has 114 valence electrons. The molecule has 0 unspecified atom stereocenters. The molecule has 0 heteroatoms. The first-order valence-corrected chi connectivity index (χ1v) is 8.16. The van der Waals surface area contributed by atoms with Crippen LogP contribution in [0.4, 0.5) is 0 Å². The molecular weight excluding hydrogens is 288 g/mol. The number of hydrogen-bond donors (Lipinski definition) is 0. The Bertz CT molecular complexity index is 927. The number of hydrogen-bond acceptors (Lipinski definition) is 0. The van der Waals surface area contributed by atoms with Crippen LogP contribution in [0, 0.1) is 0 Å². The minimum atomic E-state index is 1.11. The second kappa shape index (κ2) is 6.17. The summed E-state index contributed by atoms with van der Waals surface area (Å²) in [5.41, 5.74) is 8.56. The van der Waals surface area contributed by atoms with Gasteiger partial charge in [0.05, 0.1) is 0 Å². The van der Waals surface area contributed by atoms with Gasteiger partial charge < -0.3 is 0 Å². The third-order valence-corrected chi connectivity index (χ3v) is 4.38. The summed E-state index contributed by atoms with van der Waals surface area (Å²) in [5, 5.41) is 0. The minimum Gasteiger partial charge on any atom is -0.0905 e. The highest BCUT2D eigenvalue weighted by atomic mass is 14.3. The Morgan fingerprint density at radius 2 is 1.00 bits per heavy atom. The fraction of sp³-hybridized carbons (Fsp3) is 0. The van der Waals surface area contributed by atoms with E-state index in [9.17, 15) is 0 Å². The van der Waals surface area contributed by atoms with Crippen LogP contribution in [0.25, 0.3) is 17.2 Å². The maximum Gasteiger partial charge on any atom is -0.00206 e. The van der Waals surface area contributed by atoms with Gasteiger partial charge in [0.15, 0.2) is 0 Å². The molecule has 0 nitrogen and oxygen atoms in total. The van der Waals surface area contributed by atoms with Crippen molar-refractivity contribution in [1.29, 1.82) is 0 Å². The lowest BCUT2D eigenvalue weighted by atomic mass is 9.72. The van der Waals surface area contributed by atoms with Crippen LogP contribution in [0.1, 0.15) is 16.7 Å². The summed E-state index contributed by atoms with van der Waals surface area (Å²) in [6, 6.07) is 31.5. The summed E-state index contributed by atoms with van der Waals surface area (Å²) >= 11 is 0. The topological polar surface area (TPSA) is 0 Å². The van der Waals surface area contributed by atoms with E-state index in [-0.39, 0.29) is 0 Å². The highest BCUT2D eigenvalue weighted by Gasteiger charge is 2.29. The summed E-state index contributed by atoms with van der Waals surface area (Å²) in [4.78, 5) is 0. The van der Waals surface area contributed by atoms with E-state index in [4.69, 9.17) is 0 Å². The molecule has 3 aromatic carbocycles. The Morgan fingerprint density at radius 3 is 1.54 bits per heavy atom. The van der Waals surface area contributed by atoms with Gasteiger partial charge in [-0.2, -0.15) is 0 Å². The van der Waals surface area contributed by atoms with E-state index >= 15 is 0 Å². The van der Waals surface area contributed by atoms with Gasteiger partial charge >= 0.3 is 0 Å². The molecule has 0 radical (unpaired) electrons. The number of allylic oxidation sites excluding steroid dienone is 4. The predicted molar refractivity (Wildman–Crippen MR) is 103 cm³/mol. The van der Waals surface area contributed by atoms with Gasteiger partial charge in [-0.05, 0) is 45.1 Å². The normalized spacial score (nSPS) is 15.5. The molecule has 0 fully saturated rings. The lowest BCUT2D eigenvalue weighted by Crippen LogP contribution is -2.10. The fourth-order valence-electron chi connectivity index (χ4n) is 3.21. The molecule has 0 aliphatic heterocycles. The van der Waals surface area contributed by atoms with Crippen molar-refractivity contribution >= 4 is 17.2 Å². The third-order valence-electron chi connectivity index (χ3n) is 4.38. The second-order valence-corrected chi connectivity index (χ2v) is 5.93. The molecule has 24 heavy (non-hydrogen) atoms. The van der Waals surface area contributed by atoms with Crippen LogP contribution in [0.2, 0.25) is 0 Å². The van der Waals surface area contributed by atoms with Gasteiger partial charge in [0.25, 0.3) is 0 Å². The molecular formula is C24H18. The van der Waals surface area contributed by atoms with Crippen LogP contribution in [0.5, 0.6) is 0 Å². The zero-order valence-electron chi connectivity index (χ0n) is 13.4. The van der Waals surface area contributed by atoms with Gasteiger partial charge in [0.2, 0.25) is 0 Å². The maximum absolute atomic E-state index is 4.35. The van der Waals surface area contributed by atoms with E-state index < -0.39 is 0 Å². The van der Waals surface area contributed by atoms with E-state index in [2.05, 4.69) is 91.5 Å². The molecule has 0 atom stereocenters. The van der Waals surface area contributed by atoms with Gasteiger partial charge in [-0.15, -0.1) is 0 Å². The Hall–Kier alpha value is -3.12. The average molecular weight is 306 g/mol. The number of benzene rings is 3. The van der Waals surface area contributed by atoms with Crippen LogP contribution in [-0.2, 0) is 0 Å². The molecule has 0 N–H and O–H groups in total. The fourth-order valence-corrected chi connectivity index (χ4v) is 3.21. The Balaban J connectivity index is 1.89. The average Bonchev–Trinajstić information content (AvgIpc) is 2.66. The molecule has 4 rings (SSSR count). The summed E-state index contributed by atoms with van der Waals surface area (Å²) in [7, 11) is 0. The van der Waals surface area contributed by atoms with Crippen molar-refractivity contribution in [3.63, 3.8) is 0 Å². The Labute approximate surface area is 143 Å². The number of rotatable bonds is 3. The van der Waals surface area contributed by atoms with Crippen LogP contribution in [0.15, 0.2) is 109 Å². The molecule has 3 aromatic rings. The van der Waals surface area contributed by atoms with Gasteiger partial charge in [0.1, 0.15) is 0 Å². The molecule has 0 spiro atoms. The highest BCUT2D eigenvalue weighted by molar-refractivity contribution is 6.19. The maximum atomic E-state index is 4.35. The largest absolute Gasteiger partial charge is 0.0905 e. The first-order valence-electron chi connectivity index (χ1n) is 8.16. The highest BCUT2D eigenvalue weighted by Crippen LogP contribution is 2.50. The van der Waals surface area contributed by atoms with E-state index in [1.54, 1.807) is 0 Å². The van der Waals surface area contributed by atoms with Crippen LogP contribution < -0.4 is 0 Å². The second-order valence-electron chi connectivity index (χ2n) is 5.93. The van der Waals surface area contributed by atoms with E-state index in [0.717, 1.165) is 5.57 Å². The first kappa shape index (κ1) is 14.5. The summed E-state index contributed by atoms with van der Waals surface area (Å²) < 4.78 is 0. The van der Waals surface area contributed by atoms with Crippen molar-refractivity contribution in [2.45, 2.75) is 0 Å². The van der Waals surface area contributed by atoms with Crippen molar-refractivity contribution in [2.75, 3.05) is 0 Å². The Kier molecular flexibility index (Phi) is 3.72. The monoisotopic (exact) mass is 306 g/mol. The molecule has 0 aromatic heterocycles. The third kappa shape index (κ3) is 2.53. The molecule has 0 bridgehead atoms. The standard InChI is InChI=1S/C24H18/c1-18-22(17-19-11-5-2-6-12-19)24(21-15-9-4-10-16-21)23(18)20-13-7-3-8-14-20/h2-17H,1H2/b22-17+. The van der Waals surface area contributed by atoms with Crippen LogP contribution in [0.3, 0.4) is 0 Å². The van der Waals surface area contributed by atoms with E-state index in [0.29, 0.717) is 0 Å². The van der Waals surface area contributed by atoms with Crippen molar-refractivity contribution in [3.05, 3.63) is 125 Å². The summed E-state index contributed by atoms with van der Waals surface area (Å²) in [6.45, 7) is 4.35. The quantitative estimate of drug-likeness (QED) is 0.536. The zero-order chi connectivity index (χ0) is 16.4. The van der Waals surface area contributed by atoms with Gasteiger partial charge in [0, 0.05) is 0 Å². The zero-order valence-corrected chi connectivity index (χ0v) is 13.4. The lowest BCUT2D eigenvalue weighted by Gasteiger charge is -2.31. The summed E-state index contributed by atoms with van der Waals surface area (Å²) in [5.74, 6) is 0. The lowest BCUT2D eigenvalue weighted by molar-refractivity contribution is 1.45. The van der Waals surface area contributed by atoms with Crippen molar-refractivity contribution in [2.24, 2.45) is 0 Å². The molecule has 0 amide bonds. The molecule has 0 saturated heterocycles. The van der Waals surface area contributed by atoms with Crippen LogP contribution >= 0.6 is 0 Å². The molecule has 0 heterocycles. The van der Waals surface area contributed by atoms with Crippen LogP contribution in [-0.4, -0.2) is 0 Å². The van der Waals surface area contributed by atoms with Gasteiger partial charge in [-0.3, -0.25) is 0 Å². The van der Waals surface area contributed by atoms with Gasteiger partial charge in [-0.25, -0.2) is 0 Å². The molecule has 1 aliphatic rings. The van der Waals surface area contributed by atoms with E-state index in [1.807, 2.05) is 12.1 Å². The molecule has 0 saturated carbocycles. The van der Waals surface area contributed by atoms with Crippen molar-refractivity contribution in [1.82, 2.24) is 0 Å². The Morgan fingerprint density at radius 1 is 0.542 bits per heavy atom. The smallest absolute Gasteiger partial charge is 0.00206 e. The van der Waals surface area contributed by atoms with E-state index in [1.165, 1.54) is 33.4 Å². The van der Waals surface area contributed by atoms with Crippen molar-refractivity contribution < 1.29 is 0 Å².